The van der Waals surface area contributed by atoms with Crippen molar-refractivity contribution in [1.29, 1.82) is 0 Å². The number of carbonyl (C=O) groups is 1. The fourth-order valence-corrected chi connectivity index (χ4v) is 2.16. The predicted octanol–water partition coefficient (Wildman–Crippen LogP) is 0.682. The molecule has 1 aromatic rings. The number of nitrogens with zero attached hydrogens (tertiary/aromatic N) is 2. The Morgan fingerprint density at radius 2 is 2.53 bits per heavy atom. The first-order valence-electron chi connectivity index (χ1n) is 6.27. The van der Waals surface area contributed by atoms with Gasteiger partial charge in [0, 0.05) is 25.8 Å². The maximum absolute atomic E-state index is 11.7. The zero-order valence-electron chi connectivity index (χ0n) is 10.3. The first kappa shape index (κ1) is 12.1. The number of aromatic nitrogens is 2. The van der Waals surface area contributed by atoms with E-state index in [0.717, 1.165) is 13.0 Å². The Kier molecular flexibility index (Phi) is 4.14. The molecule has 1 aromatic heterocycles. The van der Waals surface area contributed by atoms with Gasteiger partial charge in [-0.3, -0.25) is 9.48 Å². The van der Waals surface area contributed by atoms with Crippen molar-refractivity contribution in [3.05, 3.63) is 18.0 Å². The number of aryl methyl sites for hydroxylation is 1. The van der Waals surface area contributed by atoms with E-state index >= 15 is 0 Å². The van der Waals surface area contributed by atoms with E-state index in [0.29, 0.717) is 18.3 Å². The Morgan fingerprint density at radius 1 is 1.65 bits per heavy atom. The van der Waals surface area contributed by atoms with E-state index in [1.165, 1.54) is 19.3 Å². The maximum Gasteiger partial charge on any atom is 0.271 e. The molecule has 5 nitrogen and oxygen atoms in total. The number of rotatable bonds is 4. The summed E-state index contributed by atoms with van der Waals surface area (Å²) in [5.41, 5.74) is 0.490. The molecule has 0 bridgehead atoms. The predicted molar refractivity (Wildman–Crippen MR) is 65.8 cm³/mol. The quantitative estimate of drug-likeness (QED) is 0.808. The lowest BCUT2D eigenvalue weighted by atomic mass is 10.0. The van der Waals surface area contributed by atoms with Crippen molar-refractivity contribution in [2.45, 2.75) is 31.7 Å². The minimum Gasteiger partial charge on any atom is -0.351 e. The monoisotopic (exact) mass is 236 g/mol. The number of hydrogen-bond donors (Lipinski definition) is 2. The van der Waals surface area contributed by atoms with Crippen LogP contribution < -0.4 is 10.6 Å². The van der Waals surface area contributed by atoms with Gasteiger partial charge in [0.1, 0.15) is 5.69 Å². The summed E-state index contributed by atoms with van der Waals surface area (Å²) in [6, 6.07) is 2.29. The molecule has 1 amide bonds. The normalized spacial score (nSPS) is 20.2. The van der Waals surface area contributed by atoms with Crippen molar-refractivity contribution in [2.75, 3.05) is 13.1 Å². The van der Waals surface area contributed by atoms with Crippen LogP contribution in [0.25, 0.3) is 0 Å². The average Bonchev–Trinajstić information content (AvgIpc) is 2.77. The van der Waals surface area contributed by atoms with Crippen LogP contribution in [0, 0.1) is 0 Å². The molecule has 1 aliphatic rings. The Labute approximate surface area is 102 Å². The second-order valence-electron chi connectivity index (χ2n) is 4.57. The van der Waals surface area contributed by atoms with Gasteiger partial charge in [0.15, 0.2) is 0 Å². The SMILES string of the molecule is Cn1ccc(C(=O)NCCC2CCCCN2)n1. The summed E-state index contributed by atoms with van der Waals surface area (Å²) < 4.78 is 1.64. The lowest BCUT2D eigenvalue weighted by molar-refractivity contribution is 0.0946. The zero-order chi connectivity index (χ0) is 12.1. The van der Waals surface area contributed by atoms with E-state index in [1.54, 1.807) is 16.9 Å². The smallest absolute Gasteiger partial charge is 0.271 e. The molecule has 0 saturated carbocycles. The van der Waals surface area contributed by atoms with Crippen LogP contribution in [0.2, 0.25) is 0 Å². The van der Waals surface area contributed by atoms with Crippen LogP contribution in [-0.2, 0) is 7.05 Å². The minimum atomic E-state index is -0.0820. The summed E-state index contributed by atoms with van der Waals surface area (Å²) in [4.78, 5) is 11.7. The number of nitrogens with one attached hydrogen (secondary N) is 2. The van der Waals surface area contributed by atoms with Crippen molar-refractivity contribution in [3.63, 3.8) is 0 Å². The molecule has 2 N–H and O–H groups in total. The van der Waals surface area contributed by atoms with E-state index in [-0.39, 0.29) is 5.91 Å². The summed E-state index contributed by atoms with van der Waals surface area (Å²) in [5, 5.41) is 10.4. The van der Waals surface area contributed by atoms with Crippen LogP contribution >= 0.6 is 0 Å². The van der Waals surface area contributed by atoms with Crippen molar-refractivity contribution >= 4 is 5.91 Å². The topological polar surface area (TPSA) is 59.0 Å². The molecule has 1 fully saturated rings. The second kappa shape index (κ2) is 5.82. The summed E-state index contributed by atoms with van der Waals surface area (Å²) in [5.74, 6) is -0.0820. The third-order valence-corrected chi connectivity index (χ3v) is 3.14. The number of amides is 1. The summed E-state index contributed by atoms with van der Waals surface area (Å²) >= 11 is 0. The molecular formula is C12H20N4O. The van der Waals surface area contributed by atoms with Crippen molar-refractivity contribution in [1.82, 2.24) is 20.4 Å². The van der Waals surface area contributed by atoms with Gasteiger partial charge < -0.3 is 10.6 Å². The van der Waals surface area contributed by atoms with Gasteiger partial charge in [0.25, 0.3) is 5.91 Å². The molecule has 0 radical (unpaired) electrons. The molecule has 1 aliphatic heterocycles. The van der Waals surface area contributed by atoms with Gasteiger partial charge in [-0.2, -0.15) is 5.10 Å². The molecule has 0 aliphatic carbocycles. The van der Waals surface area contributed by atoms with Crippen LogP contribution in [-0.4, -0.2) is 34.8 Å². The van der Waals surface area contributed by atoms with Crippen LogP contribution in [0.15, 0.2) is 12.3 Å². The highest BCUT2D eigenvalue weighted by Gasteiger charge is 2.13. The van der Waals surface area contributed by atoms with Crippen molar-refractivity contribution < 1.29 is 4.79 Å². The second-order valence-corrected chi connectivity index (χ2v) is 4.57. The van der Waals surface area contributed by atoms with Crippen LogP contribution in [0.3, 0.4) is 0 Å². The van der Waals surface area contributed by atoms with Gasteiger partial charge >= 0.3 is 0 Å². The average molecular weight is 236 g/mol. The third-order valence-electron chi connectivity index (χ3n) is 3.14. The Morgan fingerprint density at radius 3 is 3.18 bits per heavy atom. The molecule has 5 heteroatoms. The maximum atomic E-state index is 11.7. The molecule has 0 aromatic carbocycles. The lowest BCUT2D eigenvalue weighted by Gasteiger charge is -2.23. The molecule has 0 spiro atoms. The molecule has 2 rings (SSSR count). The number of hydrogen-bond acceptors (Lipinski definition) is 3. The van der Waals surface area contributed by atoms with Gasteiger partial charge in [-0.05, 0) is 31.9 Å². The largest absolute Gasteiger partial charge is 0.351 e. The zero-order valence-corrected chi connectivity index (χ0v) is 10.3. The highest BCUT2D eigenvalue weighted by Crippen LogP contribution is 2.09. The van der Waals surface area contributed by atoms with E-state index in [9.17, 15) is 4.79 Å². The van der Waals surface area contributed by atoms with Gasteiger partial charge in [-0.15, -0.1) is 0 Å². The van der Waals surface area contributed by atoms with Crippen molar-refractivity contribution in [3.8, 4) is 0 Å². The van der Waals surface area contributed by atoms with Gasteiger partial charge in [0.05, 0.1) is 0 Å². The van der Waals surface area contributed by atoms with E-state index < -0.39 is 0 Å². The van der Waals surface area contributed by atoms with Crippen LogP contribution in [0.5, 0.6) is 0 Å². The summed E-state index contributed by atoms with van der Waals surface area (Å²) in [7, 11) is 1.81. The molecule has 17 heavy (non-hydrogen) atoms. The fourth-order valence-electron chi connectivity index (χ4n) is 2.16. The van der Waals surface area contributed by atoms with Gasteiger partial charge in [-0.1, -0.05) is 6.42 Å². The fraction of sp³-hybridized carbons (Fsp3) is 0.667. The number of carbonyl (C=O) groups excluding carboxylic acids is 1. The highest BCUT2D eigenvalue weighted by atomic mass is 16.1. The standard InChI is InChI=1S/C12H20N4O/c1-16-9-6-11(15-16)12(17)14-8-5-10-4-2-3-7-13-10/h6,9-10,13H,2-5,7-8H2,1H3,(H,14,17). The summed E-state index contributed by atoms with van der Waals surface area (Å²) in [6.45, 7) is 1.83. The van der Waals surface area contributed by atoms with Gasteiger partial charge in [-0.25, -0.2) is 0 Å². The molecule has 1 saturated heterocycles. The van der Waals surface area contributed by atoms with E-state index in [2.05, 4.69) is 15.7 Å². The Hall–Kier alpha value is -1.36. The highest BCUT2D eigenvalue weighted by molar-refractivity contribution is 5.92. The molecule has 1 unspecified atom stereocenters. The first-order valence-corrected chi connectivity index (χ1v) is 6.27. The minimum absolute atomic E-state index is 0.0820. The third kappa shape index (κ3) is 3.56. The van der Waals surface area contributed by atoms with Crippen LogP contribution in [0.1, 0.15) is 36.2 Å². The van der Waals surface area contributed by atoms with E-state index in [1.807, 2.05) is 7.05 Å². The molecule has 2 heterocycles. The molecule has 94 valence electrons. The molecule has 1 atom stereocenters. The first-order chi connectivity index (χ1) is 8.25. The van der Waals surface area contributed by atoms with Crippen molar-refractivity contribution in [2.24, 2.45) is 7.05 Å². The van der Waals surface area contributed by atoms with Gasteiger partial charge in [0.2, 0.25) is 0 Å². The van der Waals surface area contributed by atoms with Crippen LogP contribution in [0.4, 0.5) is 0 Å². The number of piperidine rings is 1. The summed E-state index contributed by atoms with van der Waals surface area (Å²) in [6.07, 6.45) is 6.57. The molecular weight excluding hydrogens is 216 g/mol. The van der Waals surface area contributed by atoms with E-state index in [4.69, 9.17) is 0 Å². The Balaban J connectivity index is 1.69. The lowest BCUT2D eigenvalue weighted by Crippen LogP contribution is -2.37. The Bertz CT molecular complexity index is 368.